The van der Waals surface area contributed by atoms with Crippen LogP contribution in [-0.2, 0) is 9.47 Å². The highest BCUT2D eigenvalue weighted by molar-refractivity contribution is 5.17. The molecule has 0 saturated carbocycles. The van der Waals surface area contributed by atoms with E-state index in [-0.39, 0.29) is 11.7 Å². The molecule has 0 amide bonds. The molecular weight excluding hydrogens is 204 g/mol. The zero-order valence-electron chi connectivity index (χ0n) is 9.65. The van der Waals surface area contributed by atoms with Crippen LogP contribution in [0.15, 0.2) is 11.6 Å². The smallest absolute Gasteiger partial charge is 0.0942 e. The van der Waals surface area contributed by atoms with Gasteiger partial charge in [0.05, 0.1) is 18.3 Å². The monoisotopic (exact) mass is 224 g/mol. The summed E-state index contributed by atoms with van der Waals surface area (Å²) in [7, 11) is 0. The van der Waals surface area contributed by atoms with E-state index in [0.717, 1.165) is 51.9 Å². The maximum atomic E-state index is 9.55. The fraction of sp³-hybridized carbons (Fsp3) is 0.846. The van der Waals surface area contributed by atoms with E-state index in [1.807, 2.05) is 0 Å². The van der Waals surface area contributed by atoms with Gasteiger partial charge in [0.2, 0.25) is 0 Å². The van der Waals surface area contributed by atoms with Crippen molar-refractivity contribution in [3.05, 3.63) is 11.6 Å². The van der Waals surface area contributed by atoms with Gasteiger partial charge in [-0.15, -0.1) is 0 Å². The van der Waals surface area contributed by atoms with Crippen LogP contribution < -0.4 is 0 Å². The van der Waals surface area contributed by atoms with E-state index in [0.29, 0.717) is 5.92 Å². The summed E-state index contributed by atoms with van der Waals surface area (Å²) in [5.74, 6) is 0.618. The summed E-state index contributed by atoms with van der Waals surface area (Å²) >= 11 is 0. The fourth-order valence-corrected chi connectivity index (χ4v) is 3.28. The Morgan fingerprint density at radius 2 is 2.25 bits per heavy atom. The van der Waals surface area contributed by atoms with E-state index in [1.54, 1.807) is 0 Å². The summed E-state index contributed by atoms with van der Waals surface area (Å²) in [6, 6.07) is 0. The number of aliphatic hydroxyl groups is 1. The van der Waals surface area contributed by atoms with Gasteiger partial charge in [-0.1, -0.05) is 11.6 Å². The fourth-order valence-electron chi connectivity index (χ4n) is 3.28. The first-order valence-electron chi connectivity index (χ1n) is 6.38. The molecule has 2 saturated heterocycles. The van der Waals surface area contributed by atoms with Crippen LogP contribution in [0.1, 0.15) is 32.1 Å². The first-order valence-corrected chi connectivity index (χ1v) is 6.38. The second-order valence-electron chi connectivity index (χ2n) is 5.37. The van der Waals surface area contributed by atoms with Crippen molar-refractivity contribution in [2.75, 3.05) is 19.8 Å². The summed E-state index contributed by atoms with van der Waals surface area (Å²) in [5.41, 5.74) is 1.46. The molecule has 3 atom stereocenters. The molecule has 3 aliphatic rings. The highest BCUT2D eigenvalue weighted by atomic mass is 16.6. The van der Waals surface area contributed by atoms with Crippen LogP contribution in [-0.4, -0.2) is 36.6 Å². The Hall–Kier alpha value is -0.380. The SMILES string of the molecule is OC1C=C(C2CCOC3(CCOC3)C2)CC1. The lowest BCUT2D eigenvalue weighted by atomic mass is 9.81. The lowest BCUT2D eigenvalue weighted by Gasteiger charge is -2.37. The normalized spacial score (nSPS) is 43.9. The summed E-state index contributed by atoms with van der Waals surface area (Å²) in [6.07, 6.45) is 7.09. The molecule has 2 heterocycles. The van der Waals surface area contributed by atoms with E-state index >= 15 is 0 Å². The van der Waals surface area contributed by atoms with Gasteiger partial charge in [-0.25, -0.2) is 0 Å². The molecule has 1 N–H and O–H groups in total. The zero-order valence-corrected chi connectivity index (χ0v) is 9.65. The number of aliphatic hydroxyl groups excluding tert-OH is 1. The lowest BCUT2D eigenvalue weighted by Crippen LogP contribution is -2.40. The average molecular weight is 224 g/mol. The topological polar surface area (TPSA) is 38.7 Å². The van der Waals surface area contributed by atoms with Gasteiger partial charge in [-0.2, -0.15) is 0 Å². The Morgan fingerprint density at radius 3 is 2.94 bits per heavy atom. The van der Waals surface area contributed by atoms with Crippen molar-refractivity contribution in [2.24, 2.45) is 5.92 Å². The minimum Gasteiger partial charge on any atom is -0.389 e. The standard InChI is InChI=1S/C13H20O3/c14-12-2-1-10(7-12)11-3-5-16-13(8-11)4-6-15-9-13/h7,11-12,14H,1-6,8-9H2. The molecule has 16 heavy (non-hydrogen) atoms. The predicted octanol–water partition coefficient (Wildman–Crippen LogP) is 1.65. The molecule has 3 rings (SSSR count). The van der Waals surface area contributed by atoms with Crippen LogP contribution in [0.25, 0.3) is 0 Å². The second-order valence-corrected chi connectivity index (χ2v) is 5.37. The highest BCUT2D eigenvalue weighted by Gasteiger charge is 2.42. The van der Waals surface area contributed by atoms with Crippen molar-refractivity contribution in [2.45, 2.75) is 43.8 Å². The van der Waals surface area contributed by atoms with Crippen molar-refractivity contribution >= 4 is 0 Å². The number of hydrogen-bond donors (Lipinski definition) is 1. The van der Waals surface area contributed by atoms with Gasteiger partial charge in [0.25, 0.3) is 0 Å². The molecule has 0 aromatic carbocycles. The number of rotatable bonds is 1. The molecule has 90 valence electrons. The van der Waals surface area contributed by atoms with Gasteiger partial charge >= 0.3 is 0 Å². The molecule has 2 aliphatic heterocycles. The minimum atomic E-state index is -0.200. The maximum Gasteiger partial charge on any atom is 0.0942 e. The van der Waals surface area contributed by atoms with Crippen LogP contribution in [0.3, 0.4) is 0 Å². The molecule has 3 nitrogen and oxygen atoms in total. The van der Waals surface area contributed by atoms with Crippen molar-refractivity contribution in [3.63, 3.8) is 0 Å². The Labute approximate surface area is 96.4 Å². The van der Waals surface area contributed by atoms with Crippen molar-refractivity contribution in [3.8, 4) is 0 Å². The van der Waals surface area contributed by atoms with Gasteiger partial charge < -0.3 is 14.6 Å². The molecule has 3 heteroatoms. The van der Waals surface area contributed by atoms with Crippen molar-refractivity contribution in [1.29, 1.82) is 0 Å². The largest absolute Gasteiger partial charge is 0.389 e. The molecule has 2 fully saturated rings. The minimum absolute atomic E-state index is 0.00268. The maximum absolute atomic E-state index is 9.55. The van der Waals surface area contributed by atoms with Crippen LogP contribution >= 0.6 is 0 Å². The predicted molar refractivity (Wildman–Crippen MR) is 60.2 cm³/mol. The number of hydrogen-bond acceptors (Lipinski definition) is 3. The molecule has 0 aromatic rings. The number of ether oxygens (including phenoxy) is 2. The van der Waals surface area contributed by atoms with Gasteiger partial charge in [0, 0.05) is 19.6 Å². The van der Waals surface area contributed by atoms with E-state index in [2.05, 4.69) is 6.08 Å². The molecule has 3 unspecified atom stereocenters. The zero-order chi connectivity index (χ0) is 11.0. The van der Waals surface area contributed by atoms with Gasteiger partial charge in [-0.3, -0.25) is 0 Å². The summed E-state index contributed by atoms with van der Waals surface area (Å²) in [4.78, 5) is 0. The molecule has 0 radical (unpaired) electrons. The Bertz CT molecular complexity index is 292. The van der Waals surface area contributed by atoms with Gasteiger partial charge in [-0.05, 0) is 31.6 Å². The molecule has 0 aromatic heterocycles. The van der Waals surface area contributed by atoms with Crippen molar-refractivity contribution < 1.29 is 14.6 Å². The summed E-state index contributed by atoms with van der Waals surface area (Å²) in [5, 5.41) is 9.55. The Kier molecular flexibility index (Phi) is 2.78. The summed E-state index contributed by atoms with van der Waals surface area (Å²) < 4.78 is 11.4. The molecular formula is C13H20O3. The first kappa shape index (κ1) is 10.8. The third-order valence-corrected chi connectivity index (χ3v) is 4.22. The Morgan fingerprint density at radius 1 is 1.31 bits per heavy atom. The Balaban J connectivity index is 1.70. The van der Waals surface area contributed by atoms with Crippen LogP contribution in [0.5, 0.6) is 0 Å². The number of allylic oxidation sites excluding steroid dienone is 1. The summed E-state index contributed by atoms with van der Waals surface area (Å²) in [6.45, 7) is 2.45. The molecule has 1 spiro atoms. The van der Waals surface area contributed by atoms with Crippen molar-refractivity contribution in [1.82, 2.24) is 0 Å². The van der Waals surface area contributed by atoms with Crippen LogP contribution in [0.4, 0.5) is 0 Å². The van der Waals surface area contributed by atoms with Gasteiger partial charge in [0.1, 0.15) is 0 Å². The van der Waals surface area contributed by atoms with E-state index in [9.17, 15) is 5.11 Å². The van der Waals surface area contributed by atoms with Gasteiger partial charge in [0.15, 0.2) is 0 Å². The third kappa shape index (κ3) is 1.92. The third-order valence-electron chi connectivity index (χ3n) is 4.22. The highest BCUT2D eigenvalue weighted by Crippen LogP contribution is 2.41. The first-order chi connectivity index (χ1) is 7.77. The van der Waals surface area contributed by atoms with E-state index in [1.165, 1.54) is 5.57 Å². The van der Waals surface area contributed by atoms with E-state index in [4.69, 9.17) is 9.47 Å². The average Bonchev–Trinajstić information content (AvgIpc) is 2.89. The van der Waals surface area contributed by atoms with E-state index < -0.39 is 0 Å². The van der Waals surface area contributed by atoms with Crippen LogP contribution in [0, 0.1) is 5.92 Å². The lowest BCUT2D eigenvalue weighted by molar-refractivity contribution is -0.0927. The molecule has 0 bridgehead atoms. The van der Waals surface area contributed by atoms with Crippen LogP contribution in [0.2, 0.25) is 0 Å². The molecule has 1 aliphatic carbocycles. The quantitative estimate of drug-likeness (QED) is 0.688. The second kappa shape index (κ2) is 4.13.